The van der Waals surface area contributed by atoms with Crippen LogP contribution in [0.3, 0.4) is 0 Å². The number of halogens is 1. The third-order valence-electron chi connectivity index (χ3n) is 3.94. The molecular weight excluding hydrogens is 269 g/mol. The molecule has 112 valence electrons. The first kappa shape index (κ1) is 15.5. The Morgan fingerprint density at radius 3 is 2.76 bits per heavy atom. The van der Waals surface area contributed by atoms with Gasteiger partial charge in [0.25, 0.3) is 0 Å². The van der Waals surface area contributed by atoms with E-state index >= 15 is 0 Å². The molecule has 2 N–H and O–H groups in total. The molecule has 0 aliphatic heterocycles. The topological polar surface area (TPSA) is 49.3 Å². The third-order valence-corrected chi connectivity index (χ3v) is 3.94. The van der Waals surface area contributed by atoms with Crippen LogP contribution in [0.5, 0.6) is 0 Å². The Balaban J connectivity index is 2.08. The number of rotatable bonds is 3. The summed E-state index contributed by atoms with van der Waals surface area (Å²) in [5.74, 6) is 4.90. The molecule has 1 aliphatic carbocycles. The first-order valence-electron chi connectivity index (χ1n) is 7.26. The highest BCUT2D eigenvalue weighted by molar-refractivity contribution is 5.95. The largest absolute Gasteiger partial charge is 0.395 e. The average molecular weight is 289 g/mol. The Morgan fingerprint density at radius 1 is 1.43 bits per heavy atom. The zero-order valence-corrected chi connectivity index (χ0v) is 12.2. The van der Waals surface area contributed by atoms with Crippen molar-refractivity contribution in [2.24, 2.45) is 5.41 Å². The fraction of sp³-hybridized carbons (Fsp3) is 0.471. The quantitative estimate of drug-likeness (QED) is 0.840. The molecule has 0 aromatic heterocycles. The highest BCUT2D eigenvalue weighted by atomic mass is 19.1. The summed E-state index contributed by atoms with van der Waals surface area (Å²) < 4.78 is 14.0. The normalized spacial score (nSPS) is 16.1. The van der Waals surface area contributed by atoms with Crippen LogP contribution in [0.2, 0.25) is 0 Å². The molecule has 3 nitrogen and oxygen atoms in total. The molecule has 2 rings (SSSR count). The van der Waals surface area contributed by atoms with Gasteiger partial charge >= 0.3 is 0 Å². The Morgan fingerprint density at radius 2 is 2.14 bits per heavy atom. The number of amides is 1. The van der Waals surface area contributed by atoms with Crippen LogP contribution in [-0.4, -0.2) is 17.6 Å². The van der Waals surface area contributed by atoms with Gasteiger partial charge in [0.05, 0.1) is 12.3 Å². The lowest BCUT2D eigenvalue weighted by atomic mass is 9.88. The van der Waals surface area contributed by atoms with Gasteiger partial charge in [-0.2, -0.15) is 0 Å². The van der Waals surface area contributed by atoms with Crippen LogP contribution in [0.25, 0.3) is 0 Å². The molecule has 0 heterocycles. The second-order valence-corrected chi connectivity index (χ2v) is 5.69. The highest BCUT2D eigenvalue weighted by Crippen LogP contribution is 2.38. The monoisotopic (exact) mass is 289 g/mol. The van der Waals surface area contributed by atoms with E-state index in [0.29, 0.717) is 12.0 Å². The van der Waals surface area contributed by atoms with Crippen molar-refractivity contribution in [2.45, 2.75) is 39.0 Å². The summed E-state index contributed by atoms with van der Waals surface area (Å²) in [6, 6.07) is 4.51. The van der Waals surface area contributed by atoms with Gasteiger partial charge in [0.1, 0.15) is 5.82 Å². The van der Waals surface area contributed by atoms with E-state index in [1.807, 2.05) is 6.92 Å². The maximum absolute atomic E-state index is 14.0. The van der Waals surface area contributed by atoms with Crippen LogP contribution in [0.4, 0.5) is 10.1 Å². The molecule has 1 aliphatic rings. The first-order chi connectivity index (χ1) is 10.0. The molecule has 1 amide bonds. The van der Waals surface area contributed by atoms with Gasteiger partial charge in [-0.05, 0) is 31.0 Å². The number of aliphatic hydroxyl groups is 1. The molecule has 0 bridgehead atoms. The van der Waals surface area contributed by atoms with Gasteiger partial charge in [-0.25, -0.2) is 4.39 Å². The minimum absolute atomic E-state index is 0.0117. The van der Waals surface area contributed by atoms with E-state index in [-0.39, 0.29) is 23.6 Å². The van der Waals surface area contributed by atoms with Crippen molar-refractivity contribution in [1.29, 1.82) is 0 Å². The van der Waals surface area contributed by atoms with Crippen LogP contribution >= 0.6 is 0 Å². The summed E-state index contributed by atoms with van der Waals surface area (Å²) in [5.41, 5.74) is 0.346. The van der Waals surface area contributed by atoms with E-state index in [0.717, 1.165) is 25.7 Å². The lowest BCUT2D eigenvalue weighted by Crippen LogP contribution is -2.31. The second kappa shape index (κ2) is 6.73. The molecule has 0 saturated heterocycles. The number of anilines is 1. The molecule has 0 unspecified atom stereocenters. The van der Waals surface area contributed by atoms with Crippen LogP contribution in [0, 0.1) is 23.1 Å². The molecule has 4 heteroatoms. The van der Waals surface area contributed by atoms with Gasteiger partial charge in [0, 0.05) is 17.4 Å². The van der Waals surface area contributed by atoms with Gasteiger partial charge in [-0.15, -0.1) is 0 Å². The van der Waals surface area contributed by atoms with Gasteiger partial charge < -0.3 is 10.4 Å². The third kappa shape index (κ3) is 3.83. The zero-order chi connectivity index (χ0) is 15.3. The Labute approximate surface area is 124 Å². The van der Waals surface area contributed by atoms with Crippen molar-refractivity contribution in [1.82, 2.24) is 0 Å². The summed E-state index contributed by atoms with van der Waals surface area (Å²) in [7, 11) is 0. The maximum Gasteiger partial charge on any atom is 0.230 e. The summed E-state index contributed by atoms with van der Waals surface area (Å²) in [6.45, 7) is 1.92. The Bertz CT molecular complexity index is 580. The summed E-state index contributed by atoms with van der Waals surface area (Å²) in [5, 5.41) is 11.3. The molecule has 1 aromatic rings. The van der Waals surface area contributed by atoms with Gasteiger partial charge in [-0.3, -0.25) is 4.79 Å². The second-order valence-electron chi connectivity index (χ2n) is 5.69. The molecule has 0 radical (unpaired) electrons. The maximum atomic E-state index is 14.0. The molecule has 0 spiro atoms. The lowest BCUT2D eigenvalue weighted by Gasteiger charge is -2.22. The summed E-state index contributed by atoms with van der Waals surface area (Å²) >= 11 is 0. The fourth-order valence-corrected chi connectivity index (χ4v) is 2.57. The lowest BCUT2D eigenvalue weighted by molar-refractivity contribution is -0.124. The number of nitrogens with one attached hydrogen (secondary N) is 1. The molecule has 1 aromatic carbocycles. The van der Waals surface area contributed by atoms with Crippen LogP contribution in [0.15, 0.2) is 18.2 Å². The average Bonchev–Trinajstić information content (AvgIpc) is 2.90. The molecule has 1 fully saturated rings. The summed E-state index contributed by atoms with van der Waals surface area (Å²) in [6.07, 6.45) is 4.16. The van der Waals surface area contributed by atoms with Gasteiger partial charge in [-0.1, -0.05) is 31.6 Å². The number of aliphatic hydroxyl groups excluding tert-OH is 1. The van der Waals surface area contributed by atoms with Gasteiger partial charge in [0.15, 0.2) is 0 Å². The number of hydrogen-bond acceptors (Lipinski definition) is 2. The van der Waals surface area contributed by atoms with E-state index in [1.54, 1.807) is 6.07 Å². The van der Waals surface area contributed by atoms with Crippen molar-refractivity contribution in [3.63, 3.8) is 0 Å². The van der Waals surface area contributed by atoms with Crippen molar-refractivity contribution in [3.05, 3.63) is 29.6 Å². The predicted molar refractivity (Wildman–Crippen MR) is 80.2 cm³/mol. The fourth-order valence-electron chi connectivity index (χ4n) is 2.57. The number of benzene rings is 1. The van der Waals surface area contributed by atoms with Gasteiger partial charge in [0.2, 0.25) is 5.91 Å². The van der Waals surface area contributed by atoms with Crippen LogP contribution in [-0.2, 0) is 4.79 Å². The van der Waals surface area contributed by atoms with E-state index < -0.39 is 5.82 Å². The van der Waals surface area contributed by atoms with E-state index in [1.165, 1.54) is 12.1 Å². The molecule has 0 atom stereocenters. The highest BCUT2D eigenvalue weighted by Gasteiger charge is 2.36. The molecular formula is C17H20FNO2. The Kier molecular flexibility index (Phi) is 4.98. The molecule has 1 saturated carbocycles. The SMILES string of the molecule is CC1(C(=O)Nc2ccc(C#CCCO)cc2F)CCCC1. The van der Waals surface area contributed by atoms with Crippen molar-refractivity contribution in [2.75, 3.05) is 11.9 Å². The van der Waals surface area contributed by atoms with E-state index in [4.69, 9.17) is 5.11 Å². The smallest absolute Gasteiger partial charge is 0.230 e. The van der Waals surface area contributed by atoms with Crippen LogP contribution < -0.4 is 5.32 Å². The van der Waals surface area contributed by atoms with Crippen LogP contribution in [0.1, 0.15) is 44.6 Å². The standard InChI is InChI=1S/C17H20FNO2/c1-17(9-3-4-10-17)16(21)19-15-8-7-13(12-14(15)18)6-2-5-11-20/h7-8,12,20H,3-5,9-11H2,1H3,(H,19,21). The zero-order valence-electron chi connectivity index (χ0n) is 12.2. The minimum Gasteiger partial charge on any atom is -0.395 e. The Hall–Kier alpha value is -1.86. The summed E-state index contributed by atoms with van der Waals surface area (Å²) in [4.78, 5) is 12.3. The van der Waals surface area contributed by atoms with Crippen molar-refractivity contribution < 1.29 is 14.3 Å². The first-order valence-corrected chi connectivity index (χ1v) is 7.26. The molecule has 21 heavy (non-hydrogen) atoms. The number of hydrogen-bond donors (Lipinski definition) is 2. The predicted octanol–water partition coefficient (Wildman–Crippen LogP) is 3.08. The van der Waals surface area contributed by atoms with Crippen molar-refractivity contribution in [3.8, 4) is 11.8 Å². The number of carbonyl (C=O) groups excluding carboxylic acids is 1. The van der Waals surface area contributed by atoms with Crippen molar-refractivity contribution >= 4 is 11.6 Å². The minimum atomic E-state index is -0.485. The van der Waals surface area contributed by atoms with E-state index in [9.17, 15) is 9.18 Å². The van der Waals surface area contributed by atoms with E-state index in [2.05, 4.69) is 17.2 Å². The number of carbonyl (C=O) groups is 1.